The van der Waals surface area contributed by atoms with E-state index in [1.54, 1.807) is 0 Å². The van der Waals surface area contributed by atoms with Gasteiger partial charge in [-0.05, 0) is 27.7 Å². The minimum Gasteiger partial charge on any atom is -0.549 e. The molecule has 0 saturated carbocycles. The molecule has 0 unspecified atom stereocenters. The van der Waals surface area contributed by atoms with Gasteiger partial charge in [-0.15, -0.1) is 0 Å². The normalized spacial score (nSPS) is 11.1. The molecule has 0 amide bonds. The minimum atomic E-state index is -1.50. The Morgan fingerprint density at radius 1 is 0.405 bits per heavy atom. The number of carboxylic acids is 4. The first kappa shape index (κ1) is 44.5. The van der Waals surface area contributed by atoms with E-state index in [9.17, 15) is 39.6 Å². The molecule has 0 atom stereocenters. The Kier molecular flexibility index (Phi) is 24.8. The van der Waals surface area contributed by atoms with E-state index in [-0.39, 0.29) is 7.43 Å². The fourth-order valence-electron chi connectivity index (χ4n) is 0.716. The molecule has 216 valence electrons. The first-order valence-corrected chi connectivity index (χ1v) is 9.99. The maximum Gasteiger partial charge on any atom is 4.00 e. The van der Waals surface area contributed by atoms with Crippen molar-refractivity contribution in [3.8, 4) is 0 Å². The minimum absolute atomic E-state index is 0. The van der Waals surface area contributed by atoms with E-state index in [2.05, 4.69) is 0 Å². The molecule has 0 aliphatic carbocycles. The zero-order valence-corrected chi connectivity index (χ0v) is 21.0. The monoisotopic (exact) mass is 544 g/mol. The molecule has 0 aromatic rings. The van der Waals surface area contributed by atoms with Gasteiger partial charge in [0.2, 0.25) is 0 Å². The molecule has 0 aromatic heterocycles. The van der Waals surface area contributed by atoms with Crippen LogP contribution in [0.2, 0.25) is 0 Å². The predicted molar refractivity (Wildman–Crippen MR) is 112 cm³/mol. The van der Waals surface area contributed by atoms with Crippen molar-refractivity contribution in [2.75, 3.05) is 52.9 Å². The third-order valence-corrected chi connectivity index (χ3v) is 4.76. The van der Waals surface area contributed by atoms with Crippen molar-refractivity contribution in [3.63, 3.8) is 0 Å². The van der Waals surface area contributed by atoms with Gasteiger partial charge in [0, 0.05) is 0 Å². The largest absolute Gasteiger partial charge is 4.00 e. The van der Waals surface area contributed by atoms with Crippen LogP contribution in [0, 0.1) is 29.1 Å². The topological polar surface area (TPSA) is 322 Å². The molecular weight excluding hydrogens is 508 g/mol. The Morgan fingerprint density at radius 2 is 0.486 bits per heavy atom. The van der Waals surface area contributed by atoms with Crippen LogP contribution in [0.15, 0.2) is 0 Å². The van der Waals surface area contributed by atoms with Gasteiger partial charge in [0.1, 0.15) is 0 Å². The average molecular weight is 545 g/mol. The van der Waals surface area contributed by atoms with E-state index < -0.39 is 98.4 Å². The zero-order chi connectivity index (χ0) is 30.0. The third-order valence-electron chi connectivity index (χ3n) is 4.76. The SMILES string of the molecule is CC(CO)(CO)C(=O)[O-].CC(CO)(CO)C(=O)[O-].CC(CO)(CO)C(=O)[O-].CC(CO)(CO)C(=O)[O-].[C+4]. The van der Waals surface area contributed by atoms with Gasteiger partial charge in [0.25, 0.3) is 0 Å². The number of hydrogen-bond donors (Lipinski definition) is 8. The number of carbonyl (C=O) groups excluding carboxylic acids is 4. The van der Waals surface area contributed by atoms with Crippen molar-refractivity contribution in [2.45, 2.75) is 27.7 Å². The number of aliphatic hydroxyl groups excluding tert-OH is 8. The average Bonchev–Trinajstić information content (AvgIpc) is 2.87. The van der Waals surface area contributed by atoms with Crippen molar-refractivity contribution in [1.29, 1.82) is 0 Å². The fraction of sp³-hybridized carbons (Fsp3) is 0.762. The number of carbonyl (C=O) groups is 4. The van der Waals surface area contributed by atoms with Crippen LogP contribution in [0.3, 0.4) is 0 Å². The van der Waals surface area contributed by atoms with Crippen LogP contribution in [-0.4, -0.2) is 118 Å². The van der Waals surface area contributed by atoms with Gasteiger partial charge in [-0.2, -0.15) is 0 Å². The van der Waals surface area contributed by atoms with Crippen LogP contribution in [0.1, 0.15) is 27.7 Å². The summed E-state index contributed by atoms with van der Waals surface area (Å²) in [7, 11) is 0. The summed E-state index contributed by atoms with van der Waals surface area (Å²) in [5.41, 5.74) is -6.00. The van der Waals surface area contributed by atoms with E-state index in [4.69, 9.17) is 40.9 Å². The van der Waals surface area contributed by atoms with E-state index in [0.29, 0.717) is 0 Å². The molecule has 0 spiro atoms. The van der Waals surface area contributed by atoms with Gasteiger partial charge in [-0.1, -0.05) is 0 Å². The molecule has 0 rings (SSSR count). The third kappa shape index (κ3) is 16.1. The first-order valence-electron chi connectivity index (χ1n) is 9.99. The molecule has 0 aliphatic heterocycles. The Hall–Kier alpha value is -2.44. The summed E-state index contributed by atoms with van der Waals surface area (Å²) in [4.78, 5) is 40.2. The molecule has 16 nitrogen and oxygen atoms in total. The van der Waals surface area contributed by atoms with Crippen molar-refractivity contribution >= 4 is 23.9 Å². The fourth-order valence-corrected chi connectivity index (χ4v) is 0.716. The number of hydrogen-bond acceptors (Lipinski definition) is 16. The molecule has 0 saturated heterocycles. The maximum atomic E-state index is 10.1. The van der Waals surface area contributed by atoms with Gasteiger partial charge in [0.05, 0.1) is 98.4 Å². The molecule has 0 aliphatic rings. The second kappa shape index (κ2) is 20.6. The summed E-state index contributed by atoms with van der Waals surface area (Å²) in [6.45, 7) is -0.00000000000000266. The molecule has 16 heteroatoms. The molecular formula is C21H36O16. The Bertz CT molecular complexity index is 535. The Labute approximate surface area is 214 Å². The van der Waals surface area contributed by atoms with E-state index >= 15 is 0 Å². The van der Waals surface area contributed by atoms with Crippen LogP contribution < -0.4 is 20.4 Å². The van der Waals surface area contributed by atoms with Crippen LogP contribution in [0.4, 0.5) is 0 Å². The van der Waals surface area contributed by atoms with Crippen LogP contribution in [0.5, 0.6) is 0 Å². The van der Waals surface area contributed by atoms with Gasteiger partial charge < -0.3 is 80.5 Å². The van der Waals surface area contributed by atoms with E-state index in [1.165, 1.54) is 27.7 Å². The summed E-state index contributed by atoms with van der Waals surface area (Å²) in [6.07, 6.45) is 0. The second-order valence-electron chi connectivity index (χ2n) is 8.66. The van der Waals surface area contributed by atoms with Crippen molar-refractivity contribution in [3.05, 3.63) is 7.43 Å². The molecule has 0 fully saturated rings. The van der Waals surface area contributed by atoms with Gasteiger partial charge in [-0.25, -0.2) is 0 Å². The molecule has 8 N–H and O–H groups in total. The maximum absolute atomic E-state index is 10.1. The molecule has 0 bridgehead atoms. The summed E-state index contributed by atoms with van der Waals surface area (Å²) >= 11 is 0. The van der Waals surface area contributed by atoms with Crippen molar-refractivity contribution in [1.82, 2.24) is 0 Å². The Morgan fingerprint density at radius 3 is 0.486 bits per heavy atom. The van der Waals surface area contributed by atoms with Crippen molar-refractivity contribution < 1.29 is 80.5 Å². The number of aliphatic hydroxyl groups is 8. The number of rotatable bonds is 12. The van der Waals surface area contributed by atoms with Crippen molar-refractivity contribution in [2.24, 2.45) is 21.7 Å². The van der Waals surface area contributed by atoms with Crippen LogP contribution >= 0.6 is 0 Å². The number of carboxylic acid groups (broad SMARTS) is 4. The van der Waals surface area contributed by atoms with E-state index in [0.717, 1.165) is 0 Å². The first-order chi connectivity index (χ1) is 16.3. The summed E-state index contributed by atoms with van der Waals surface area (Å²) in [5, 5.41) is 107. The predicted octanol–water partition coefficient (Wildman–Crippen LogP) is -9.01. The molecule has 0 aromatic carbocycles. The number of aliphatic carboxylic acids is 4. The van der Waals surface area contributed by atoms with E-state index in [1.807, 2.05) is 0 Å². The smallest absolute Gasteiger partial charge is 0.549 e. The molecule has 37 heavy (non-hydrogen) atoms. The standard InChI is InChI=1S/4C5H10O4.C/c4*1-5(2-6,3-7)4(8)9;/h4*6-7H,2-3H2,1H3,(H,8,9);/q;;;;+4/p-4. The summed E-state index contributed by atoms with van der Waals surface area (Å²) in [5.74, 6) is -5.75. The summed E-state index contributed by atoms with van der Waals surface area (Å²) in [6, 6.07) is 0. The quantitative estimate of drug-likeness (QED) is 0.113. The molecule has 0 heterocycles. The van der Waals surface area contributed by atoms with Gasteiger partial charge >= 0.3 is 7.43 Å². The molecule has 0 radical (unpaired) electrons. The van der Waals surface area contributed by atoms with Gasteiger partial charge in [0.15, 0.2) is 0 Å². The zero-order valence-electron chi connectivity index (χ0n) is 21.0. The Balaban J connectivity index is -0.000000122. The van der Waals surface area contributed by atoms with Crippen LogP contribution in [0.25, 0.3) is 0 Å². The summed E-state index contributed by atoms with van der Waals surface area (Å²) < 4.78 is 0. The second-order valence-corrected chi connectivity index (χ2v) is 8.66. The van der Waals surface area contributed by atoms with Crippen LogP contribution in [-0.2, 0) is 19.2 Å². The van der Waals surface area contributed by atoms with Gasteiger partial charge in [-0.3, -0.25) is 0 Å².